The quantitative estimate of drug-likeness (QED) is 0.756. The molecule has 1 heterocycles. The van der Waals surface area contributed by atoms with E-state index in [1.165, 1.54) is 0 Å². The second-order valence-electron chi connectivity index (χ2n) is 4.40. The number of benzene rings is 1. The van der Waals surface area contributed by atoms with Gasteiger partial charge in [0.15, 0.2) is 0 Å². The maximum absolute atomic E-state index is 12.0. The number of nitrogens with two attached hydrogens (primary N) is 1. The summed E-state index contributed by atoms with van der Waals surface area (Å²) < 4.78 is 0. The highest BCUT2D eigenvalue weighted by Gasteiger charge is 2.06. The Morgan fingerprint density at radius 1 is 1.25 bits per heavy atom. The number of aliphatic hydroxyl groups excluding tert-OH is 1. The minimum absolute atomic E-state index is 0.00794. The lowest BCUT2D eigenvalue weighted by atomic mass is 10.1. The molecule has 20 heavy (non-hydrogen) atoms. The number of aromatic nitrogens is 1. The van der Waals surface area contributed by atoms with Crippen molar-refractivity contribution in [3.05, 3.63) is 65.0 Å². The van der Waals surface area contributed by atoms with Crippen molar-refractivity contribution in [3.8, 4) is 0 Å². The number of carbonyl (C=O) groups excluding carboxylic acids is 1. The summed E-state index contributed by atoms with van der Waals surface area (Å²) >= 11 is 0. The fourth-order valence-electron chi connectivity index (χ4n) is 1.85. The van der Waals surface area contributed by atoms with Crippen LogP contribution in [-0.2, 0) is 19.7 Å². The Hall–Kier alpha value is -2.24. The zero-order valence-electron chi connectivity index (χ0n) is 11.0. The molecule has 4 N–H and O–H groups in total. The van der Waals surface area contributed by atoms with Crippen LogP contribution < -0.4 is 11.1 Å². The Kier molecular flexibility index (Phi) is 4.81. The van der Waals surface area contributed by atoms with Crippen LogP contribution in [0.5, 0.6) is 0 Å². The van der Waals surface area contributed by atoms with Crippen LogP contribution in [0.25, 0.3) is 0 Å². The van der Waals surface area contributed by atoms with Gasteiger partial charge in [0.2, 0.25) is 0 Å². The fourth-order valence-corrected chi connectivity index (χ4v) is 1.85. The van der Waals surface area contributed by atoms with Crippen LogP contribution in [0.1, 0.15) is 27.2 Å². The lowest BCUT2D eigenvalue weighted by Crippen LogP contribution is -2.23. The van der Waals surface area contributed by atoms with Gasteiger partial charge in [-0.25, -0.2) is 0 Å². The number of nitrogens with zero attached hydrogens (tertiary/aromatic N) is 1. The maximum atomic E-state index is 12.0. The third kappa shape index (κ3) is 3.63. The maximum Gasteiger partial charge on any atom is 0.251 e. The third-order valence-corrected chi connectivity index (χ3v) is 2.91. The second kappa shape index (κ2) is 6.79. The molecule has 0 aliphatic carbocycles. The Bertz CT molecular complexity index is 599. The Morgan fingerprint density at radius 3 is 2.80 bits per heavy atom. The van der Waals surface area contributed by atoms with E-state index in [4.69, 9.17) is 10.8 Å². The van der Waals surface area contributed by atoms with E-state index in [9.17, 15) is 4.79 Å². The van der Waals surface area contributed by atoms with Crippen molar-refractivity contribution in [1.82, 2.24) is 10.3 Å². The van der Waals surface area contributed by atoms with Gasteiger partial charge in [-0.05, 0) is 23.3 Å². The lowest BCUT2D eigenvalue weighted by molar-refractivity contribution is 0.0950. The second-order valence-corrected chi connectivity index (χ2v) is 4.40. The van der Waals surface area contributed by atoms with Crippen LogP contribution in [0.3, 0.4) is 0 Å². The van der Waals surface area contributed by atoms with Crippen LogP contribution in [0.2, 0.25) is 0 Å². The van der Waals surface area contributed by atoms with Gasteiger partial charge >= 0.3 is 0 Å². The zero-order chi connectivity index (χ0) is 14.4. The number of nitrogens with one attached hydrogen (secondary N) is 1. The topological polar surface area (TPSA) is 88.2 Å². The van der Waals surface area contributed by atoms with Gasteiger partial charge in [-0.1, -0.05) is 24.3 Å². The molecule has 5 nitrogen and oxygen atoms in total. The van der Waals surface area contributed by atoms with E-state index in [-0.39, 0.29) is 12.5 Å². The van der Waals surface area contributed by atoms with Crippen molar-refractivity contribution in [3.63, 3.8) is 0 Å². The number of carbonyl (C=O) groups is 1. The number of rotatable bonds is 5. The third-order valence-electron chi connectivity index (χ3n) is 2.91. The van der Waals surface area contributed by atoms with Crippen LogP contribution in [-0.4, -0.2) is 16.0 Å². The fraction of sp³-hybridized carbons (Fsp3) is 0.200. The van der Waals surface area contributed by atoms with Gasteiger partial charge in [0.25, 0.3) is 5.91 Å². The number of aliphatic hydroxyl groups is 1. The first-order chi connectivity index (χ1) is 9.72. The van der Waals surface area contributed by atoms with Gasteiger partial charge in [0, 0.05) is 24.8 Å². The molecule has 0 saturated carbocycles. The molecule has 104 valence electrons. The van der Waals surface area contributed by atoms with E-state index >= 15 is 0 Å². The van der Waals surface area contributed by atoms with Crippen molar-refractivity contribution < 1.29 is 9.90 Å². The molecule has 0 unspecified atom stereocenters. The Morgan fingerprint density at radius 2 is 2.05 bits per heavy atom. The number of hydrogen-bond donors (Lipinski definition) is 3. The molecule has 0 atom stereocenters. The van der Waals surface area contributed by atoms with Crippen molar-refractivity contribution in [2.45, 2.75) is 19.7 Å². The molecule has 0 fully saturated rings. The lowest BCUT2D eigenvalue weighted by Gasteiger charge is -2.07. The average molecular weight is 271 g/mol. The summed E-state index contributed by atoms with van der Waals surface area (Å²) in [6.07, 6.45) is 1.57. The molecule has 1 amide bonds. The van der Waals surface area contributed by atoms with Gasteiger partial charge in [0.1, 0.15) is 0 Å². The van der Waals surface area contributed by atoms with Crippen LogP contribution >= 0.6 is 0 Å². The molecule has 1 aromatic heterocycles. The van der Waals surface area contributed by atoms with Gasteiger partial charge in [-0.3, -0.25) is 9.78 Å². The standard InChI is InChI=1S/C15H17N3O2/c16-8-14-7-13(4-5-17-14)15(20)18-9-11-2-1-3-12(6-11)10-19/h1-7,19H,8-10,16H2,(H,18,20). The molecule has 2 aromatic rings. The minimum atomic E-state index is -0.170. The van der Waals surface area contributed by atoms with E-state index in [0.717, 1.165) is 11.1 Å². The molecule has 1 aromatic carbocycles. The monoisotopic (exact) mass is 271 g/mol. The van der Waals surface area contributed by atoms with Gasteiger partial charge < -0.3 is 16.2 Å². The zero-order valence-corrected chi connectivity index (χ0v) is 11.0. The molecule has 2 rings (SSSR count). The minimum Gasteiger partial charge on any atom is -0.392 e. The molecule has 0 radical (unpaired) electrons. The Balaban J connectivity index is 2.00. The summed E-state index contributed by atoms with van der Waals surface area (Å²) in [5.41, 5.74) is 8.49. The van der Waals surface area contributed by atoms with Gasteiger partial charge in [-0.15, -0.1) is 0 Å². The van der Waals surface area contributed by atoms with Gasteiger partial charge in [0.05, 0.1) is 12.3 Å². The van der Waals surface area contributed by atoms with E-state index in [2.05, 4.69) is 10.3 Å². The largest absolute Gasteiger partial charge is 0.392 e. The van der Waals surface area contributed by atoms with Crippen LogP contribution in [0.15, 0.2) is 42.6 Å². The molecule has 0 spiro atoms. The number of hydrogen-bond acceptors (Lipinski definition) is 4. The SMILES string of the molecule is NCc1cc(C(=O)NCc2cccc(CO)c2)ccn1. The first kappa shape index (κ1) is 14.2. The average Bonchev–Trinajstić information content (AvgIpc) is 2.52. The molecule has 0 saturated heterocycles. The molecular formula is C15H17N3O2. The predicted molar refractivity (Wildman–Crippen MR) is 75.7 cm³/mol. The first-order valence-electron chi connectivity index (χ1n) is 6.35. The van der Waals surface area contributed by atoms with Crippen molar-refractivity contribution in [2.24, 2.45) is 5.73 Å². The highest BCUT2D eigenvalue weighted by atomic mass is 16.3. The normalized spacial score (nSPS) is 10.3. The van der Waals surface area contributed by atoms with Crippen molar-refractivity contribution in [1.29, 1.82) is 0 Å². The van der Waals surface area contributed by atoms with Crippen LogP contribution in [0, 0.1) is 0 Å². The predicted octanol–water partition coefficient (Wildman–Crippen LogP) is 0.963. The first-order valence-corrected chi connectivity index (χ1v) is 6.35. The summed E-state index contributed by atoms with van der Waals surface area (Å²) in [6.45, 7) is 0.707. The highest BCUT2D eigenvalue weighted by molar-refractivity contribution is 5.94. The van der Waals surface area contributed by atoms with E-state index in [1.54, 1.807) is 18.3 Å². The summed E-state index contributed by atoms with van der Waals surface area (Å²) in [7, 11) is 0. The van der Waals surface area contributed by atoms with Crippen molar-refractivity contribution >= 4 is 5.91 Å². The van der Waals surface area contributed by atoms with Crippen LogP contribution in [0.4, 0.5) is 0 Å². The van der Waals surface area contributed by atoms with E-state index < -0.39 is 0 Å². The molecule has 5 heteroatoms. The summed E-state index contributed by atoms with van der Waals surface area (Å²) in [5, 5.41) is 11.9. The summed E-state index contributed by atoms with van der Waals surface area (Å²) in [4.78, 5) is 16.1. The molecule has 0 aliphatic rings. The molecule has 0 aliphatic heterocycles. The smallest absolute Gasteiger partial charge is 0.251 e. The van der Waals surface area contributed by atoms with E-state index in [1.807, 2.05) is 24.3 Å². The summed E-state index contributed by atoms with van der Waals surface area (Å²) in [6, 6.07) is 10.8. The van der Waals surface area contributed by atoms with E-state index in [0.29, 0.717) is 24.3 Å². The number of pyridine rings is 1. The highest BCUT2D eigenvalue weighted by Crippen LogP contribution is 2.06. The summed E-state index contributed by atoms with van der Waals surface area (Å²) in [5.74, 6) is -0.170. The number of amides is 1. The van der Waals surface area contributed by atoms with Crippen molar-refractivity contribution in [2.75, 3.05) is 0 Å². The molecular weight excluding hydrogens is 254 g/mol. The molecule has 0 bridgehead atoms. The Labute approximate surface area is 117 Å². The van der Waals surface area contributed by atoms with Gasteiger partial charge in [-0.2, -0.15) is 0 Å².